The molecule has 0 spiro atoms. The molecule has 1 heterocycles. The zero-order valence-electron chi connectivity index (χ0n) is 10.4. The van der Waals surface area contributed by atoms with Gasteiger partial charge in [-0.1, -0.05) is 0 Å². The molecule has 0 radical (unpaired) electrons. The number of hydrogen-bond donors (Lipinski definition) is 0. The van der Waals surface area contributed by atoms with E-state index in [0.717, 1.165) is 0 Å². The quantitative estimate of drug-likeness (QED) is 0.739. The number of aromatic nitrogens is 1. The first-order valence-corrected chi connectivity index (χ1v) is 6.32. The van der Waals surface area contributed by atoms with E-state index in [1.807, 2.05) is 6.92 Å². The second-order valence-electron chi connectivity index (χ2n) is 3.67. The standard InChI is InChI=1S/C11H18N2O3S/c1-9(6-16-3)13(4-5-15-2)11(14)10-7-17-8-12-10/h7-9H,4-6H2,1-3H3. The van der Waals surface area contributed by atoms with Gasteiger partial charge < -0.3 is 14.4 Å². The van der Waals surface area contributed by atoms with Crippen LogP contribution in [0.3, 0.4) is 0 Å². The Hall–Kier alpha value is -0.980. The van der Waals surface area contributed by atoms with E-state index in [4.69, 9.17) is 9.47 Å². The second kappa shape index (κ2) is 7.37. The highest BCUT2D eigenvalue weighted by molar-refractivity contribution is 7.07. The highest BCUT2D eigenvalue weighted by atomic mass is 32.1. The summed E-state index contributed by atoms with van der Waals surface area (Å²) in [5.74, 6) is -0.0761. The molecule has 96 valence electrons. The van der Waals surface area contributed by atoms with Gasteiger partial charge in [-0.2, -0.15) is 0 Å². The molecular formula is C11H18N2O3S. The van der Waals surface area contributed by atoms with Crippen molar-refractivity contribution < 1.29 is 14.3 Å². The zero-order chi connectivity index (χ0) is 12.7. The van der Waals surface area contributed by atoms with Gasteiger partial charge in [0.25, 0.3) is 5.91 Å². The molecule has 17 heavy (non-hydrogen) atoms. The third kappa shape index (κ3) is 4.07. The molecule has 0 aliphatic rings. The van der Waals surface area contributed by atoms with Crippen LogP contribution in [0, 0.1) is 0 Å². The number of thiazole rings is 1. The van der Waals surface area contributed by atoms with Crippen molar-refractivity contribution in [3.63, 3.8) is 0 Å². The van der Waals surface area contributed by atoms with Crippen LogP contribution in [0.1, 0.15) is 17.4 Å². The van der Waals surface area contributed by atoms with Gasteiger partial charge in [0.15, 0.2) is 0 Å². The Balaban J connectivity index is 2.71. The molecular weight excluding hydrogens is 240 g/mol. The Bertz CT molecular complexity index is 329. The maximum absolute atomic E-state index is 12.2. The Kier molecular flexibility index (Phi) is 6.10. The molecule has 0 saturated heterocycles. The normalized spacial score (nSPS) is 12.4. The van der Waals surface area contributed by atoms with Crippen LogP contribution in [0.15, 0.2) is 10.9 Å². The summed E-state index contributed by atoms with van der Waals surface area (Å²) in [5, 5.41) is 1.75. The lowest BCUT2D eigenvalue weighted by molar-refractivity contribution is 0.0475. The van der Waals surface area contributed by atoms with Crippen LogP contribution in [0.5, 0.6) is 0 Å². The Morgan fingerprint density at radius 1 is 1.53 bits per heavy atom. The van der Waals surface area contributed by atoms with E-state index in [9.17, 15) is 4.79 Å². The summed E-state index contributed by atoms with van der Waals surface area (Å²) in [6.07, 6.45) is 0. The van der Waals surface area contributed by atoms with Crippen molar-refractivity contribution in [2.75, 3.05) is 34.0 Å². The van der Waals surface area contributed by atoms with Crippen LogP contribution in [0.2, 0.25) is 0 Å². The average molecular weight is 258 g/mol. The molecule has 1 rings (SSSR count). The minimum absolute atomic E-state index is 0.00403. The number of ether oxygens (including phenoxy) is 2. The van der Waals surface area contributed by atoms with E-state index >= 15 is 0 Å². The molecule has 0 fully saturated rings. The van der Waals surface area contributed by atoms with Gasteiger partial charge in [-0.15, -0.1) is 11.3 Å². The van der Waals surface area contributed by atoms with Crippen LogP contribution < -0.4 is 0 Å². The van der Waals surface area contributed by atoms with Gasteiger partial charge >= 0.3 is 0 Å². The Labute approximate surface area is 105 Å². The summed E-state index contributed by atoms with van der Waals surface area (Å²) >= 11 is 1.41. The summed E-state index contributed by atoms with van der Waals surface area (Å²) < 4.78 is 10.1. The number of carbonyl (C=O) groups excluding carboxylic acids is 1. The molecule has 0 aliphatic carbocycles. The van der Waals surface area contributed by atoms with Crippen LogP contribution >= 0.6 is 11.3 Å². The fraction of sp³-hybridized carbons (Fsp3) is 0.636. The van der Waals surface area contributed by atoms with Gasteiger partial charge in [0.1, 0.15) is 5.69 Å². The van der Waals surface area contributed by atoms with E-state index in [2.05, 4.69) is 4.98 Å². The van der Waals surface area contributed by atoms with Crippen molar-refractivity contribution in [3.05, 3.63) is 16.6 Å². The monoisotopic (exact) mass is 258 g/mol. The maximum Gasteiger partial charge on any atom is 0.273 e. The summed E-state index contributed by atoms with van der Waals surface area (Å²) in [6, 6.07) is 0.00403. The number of carbonyl (C=O) groups is 1. The van der Waals surface area contributed by atoms with Crippen molar-refractivity contribution in [1.82, 2.24) is 9.88 Å². The van der Waals surface area contributed by atoms with Crippen molar-refractivity contribution in [2.24, 2.45) is 0 Å². The van der Waals surface area contributed by atoms with Crippen LogP contribution in [0.4, 0.5) is 0 Å². The topological polar surface area (TPSA) is 51.7 Å². The highest BCUT2D eigenvalue weighted by Crippen LogP contribution is 2.09. The van der Waals surface area contributed by atoms with Crippen molar-refractivity contribution in [3.8, 4) is 0 Å². The Morgan fingerprint density at radius 2 is 2.29 bits per heavy atom. The zero-order valence-corrected chi connectivity index (χ0v) is 11.2. The predicted molar refractivity (Wildman–Crippen MR) is 66.4 cm³/mol. The van der Waals surface area contributed by atoms with Gasteiger partial charge in [0.05, 0.1) is 24.8 Å². The van der Waals surface area contributed by atoms with Crippen LogP contribution in [-0.2, 0) is 9.47 Å². The third-order valence-electron chi connectivity index (χ3n) is 2.39. The molecule has 0 N–H and O–H groups in total. The predicted octanol–water partition coefficient (Wildman–Crippen LogP) is 1.27. The van der Waals surface area contributed by atoms with E-state index in [1.54, 1.807) is 30.0 Å². The molecule has 1 aromatic heterocycles. The van der Waals surface area contributed by atoms with Crippen molar-refractivity contribution in [1.29, 1.82) is 0 Å². The minimum Gasteiger partial charge on any atom is -0.383 e. The third-order valence-corrected chi connectivity index (χ3v) is 2.98. The molecule has 1 atom stereocenters. The number of nitrogens with zero attached hydrogens (tertiary/aromatic N) is 2. The molecule has 0 aliphatic heterocycles. The molecule has 1 aromatic rings. The summed E-state index contributed by atoms with van der Waals surface area (Å²) in [7, 11) is 3.24. The Morgan fingerprint density at radius 3 is 2.82 bits per heavy atom. The fourth-order valence-corrected chi connectivity index (χ4v) is 2.03. The summed E-state index contributed by atoms with van der Waals surface area (Å²) in [6.45, 7) is 3.49. The van der Waals surface area contributed by atoms with Crippen LogP contribution in [-0.4, -0.2) is 55.8 Å². The molecule has 1 amide bonds. The van der Waals surface area contributed by atoms with Gasteiger partial charge in [-0.25, -0.2) is 4.98 Å². The fourth-order valence-electron chi connectivity index (χ4n) is 1.51. The van der Waals surface area contributed by atoms with Crippen molar-refractivity contribution in [2.45, 2.75) is 13.0 Å². The van der Waals surface area contributed by atoms with E-state index in [-0.39, 0.29) is 11.9 Å². The van der Waals surface area contributed by atoms with Gasteiger partial charge in [0.2, 0.25) is 0 Å². The second-order valence-corrected chi connectivity index (χ2v) is 4.39. The lowest BCUT2D eigenvalue weighted by atomic mass is 10.2. The lowest BCUT2D eigenvalue weighted by Crippen LogP contribution is -2.43. The summed E-state index contributed by atoms with van der Waals surface area (Å²) in [4.78, 5) is 17.9. The summed E-state index contributed by atoms with van der Waals surface area (Å²) in [5.41, 5.74) is 2.14. The largest absolute Gasteiger partial charge is 0.383 e. The lowest BCUT2D eigenvalue weighted by Gasteiger charge is -2.27. The first-order valence-electron chi connectivity index (χ1n) is 5.37. The van der Waals surface area contributed by atoms with Crippen LogP contribution in [0.25, 0.3) is 0 Å². The van der Waals surface area contributed by atoms with Gasteiger partial charge in [-0.05, 0) is 6.92 Å². The van der Waals surface area contributed by atoms with Gasteiger partial charge in [-0.3, -0.25) is 4.79 Å². The smallest absolute Gasteiger partial charge is 0.273 e. The molecule has 1 unspecified atom stereocenters. The highest BCUT2D eigenvalue weighted by Gasteiger charge is 2.22. The van der Waals surface area contributed by atoms with E-state index in [0.29, 0.717) is 25.5 Å². The number of rotatable bonds is 7. The SMILES string of the molecule is COCCN(C(=O)c1cscn1)C(C)COC. The number of methoxy groups -OCH3 is 2. The maximum atomic E-state index is 12.2. The average Bonchev–Trinajstić information content (AvgIpc) is 2.83. The van der Waals surface area contributed by atoms with Gasteiger partial charge in [0, 0.05) is 26.1 Å². The minimum atomic E-state index is -0.0761. The molecule has 5 nitrogen and oxygen atoms in total. The molecule has 0 aromatic carbocycles. The molecule has 0 bridgehead atoms. The first-order chi connectivity index (χ1) is 8.20. The van der Waals surface area contributed by atoms with Crippen molar-refractivity contribution >= 4 is 17.2 Å². The number of hydrogen-bond acceptors (Lipinski definition) is 5. The molecule has 6 heteroatoms. The number of amides is 1. The molecule has 0 saturated carbocycles. The first kappa shape index (κ1) is 14.1. The van der Waals surface area contributed by atoms with E-state index in [1.165, 1.54) is 11.3 Å². The van der Waals surface area contributed by atoms with E-state index < -0.39 is 0 Å².